The van der Waals surface area contributed by atoms with E-state index in [1.54, 1.807) is 13.0 Å². The van der Waals surface area contributed by atoms with Crippen LogP contribution in [0.2, 0.25) is 0 Å². The van der Waals surface area contributed by atoms with Gasteiger partial charge < -0.3 is 9.88 Å². The number of hydrogen-bond acceptors (Lipinski definition) is 1. The second kappa shape index (κ2) is 5.36. The van der Waals surface area contributed by atoms with Crippen molar-refractivity contribution in [1.82, 2.24) is 9.88 Å². The van der Waals surface area contributed by atoms with Gasteiger partial charge >= 0.3 is 0 Å². The number of hydrogen-bond donors (Lipinski definition) is 1. The van der Waals surface area contributed by atoms with E-state index < -0.39 is 5.67 Å². The molecule has 0 radical (unpaired) electrons. The quantitative estimate of drug-likeness (QED) is 0.897. The zero-order valence-electron chi connectivity index (χ0n) is 12.6. The maximum atomic E-state index is 14.0. The molecule has 110 valence electrons. The minimum atomic E-state index is -1.19. The number of halogens is 1. The highest BCUT2D eigenvalue weighted by atomic mass is 19.1. The molecule has 0 bridgehead atoms. The summed E-state index contributed by atoms with van der Waals surface area (Å²) in [5, 5.41) is 2.24. The van der Waals surface area contributed by atoms with Crippen LogP contribution in [0.3, 0.4) is 0 Å². The molecule has 0 aromatic carbocycles. The number of H-pyrrole nitrogens is 1. The lowest BCUT2D eigenvalue weighted by molar-refractivity contribution is 0.212. The van der Waals surface area contributed by atoms with Crippen molar-refractivity contribution in [2.45, 2.75) is 51.1 Å². The standard InChI is InChI=1S/C17H25FN2/c1-3-8-20-9-5-13(6-10-20)15-12-19-16-11-17(2,18)7-4-14(15)16/h4,11-13,19H,3,5-10H2,1-2H3. The predicted molar refractivity (Wildman–Crippen MR) is 81.8 cm³/mol. The maximum absolute atomic E-state index is 14.0. The molecule has 1 aliphatic carbocycles. The summed E-state index contributed by atoms with van der Waals surface area (Å²) in [6.07, 6.45) is 10.1. The molecule has 1 aromatic rings. The summed E-state index contributed by atoms with van der Waals surface area (Å²) in [5.41, 5.74) is 0.211. The van der Waals surface area contributed by atoms with Gasteiger partial charge in [-0.15, -0.1) is 0 Å². The molecule has 1 atom stereocenters. The molecule has 0 amide bonds. The molecule has 20 heavy (non-hydrogen) atoms. The molecule has 1 unspecified atom stereocenters. The second-order valence-electron chi connectivity index (χ2n) is 6.52. The first-order chi connectivity index (χ1) is 9.59. The van der Waals surface area contributed by atoms with Crippen LogP contribution in [0.25, 0.3) is 12.2 Å². The highest BCUT2D eigenvalue weighted by molar-refractivity contribution is 5.47. The Bertz CT molecular complexity index is 577. The van der Waals surface area contributed by atoms with Crippen molar-refractivity contribution < 1.29 is 4.39 Å². The first kappa shape index (κ1) is 13.9. The van der Waals surface area contributed by atoms with Crippen molar-refractivity contribution in [2.75, 3.05) is 19.6 Å². The Kier molecular flexibility index (Phi) is 3.72. The van der Waals surface area contributed by atoms with Crippen LogP contribution in [0.5, 0.6) is 0 Å². The fraction of sp³-hybridized carbons (Fsp3) is 0.647. The molecule has 3 rings (SSSR count). The van der Waals surface area contributed by atoms with E-state index >= 15 is 0 Å². The van der Waals surface area contributed by atoms with Crippen LogP contribution in [0.1, 0.15) is 51.0 Å². The zero-order chi connectivity index (χ0) is 14.2. The van der Waals surface area contributed by atoms with Crippen LogP contribution in [-0.2, 0) is 0 Å². The van der Waals surface area contributed by atoms with Gasteiger partial charge in [0.15, 0.2) is 0 Å². The highest BCUT2D eigenvalue weighted by Gasteiger charge is 2.25. The third-order valence-corrected chi connectivity index (χ3v) is 4.70. The SMILES string of the molecule is CCCN1CCC(c2c[nH]c3c2=CCC(C)(F)C=3)CC1. The summed E-state index contributed by atoms with van der Waals surface area (Å²) in [6.45, 7) is 7.51. The van der Waals surface area contributed by atoms with Gasteiger partial charge in [-0.3, -0.25) is 0 Å². The van der Waals surface area contributed by atoms with Crippen LogP contribution in [0, 0.1) is 0 Å². The number of aromatic amines is 1. The Morgan fingerprint density at radius 2 is 2.15 bits per heavy atom. The predicted octanol–water partition coefficient (Wildman–Crippen LogP) is 2.30. The zero-order valence-corrected chi connectivity index (χ0v) is 12.6. The fourth-order valence-electron chi connectivity index (χ4n) is 3.60. The van der Waals surface area contributed by atoms with Gasteiger partial charge in [-0.1, -0.05) is 13.0 Å². The van der Waals surface area contributed by atoms with E-state index in [9.17, 15) is 4.39 Å². The number of nitrogens with zero attached hydrogens (tertiary/aromatic N) is 1. The minimum Gasteiger partial charge on any atom is -0.361 e. The summed E-state index contributed by atoms with van der Waals surface area (Å²) in [7, 11) is 0. The largest absolute Gasteiger partial charge is 0.361 e. The molecular weight excluding hydrogens is 251 g/mol. The molecule has 1 N–H and O–H groups in total. The average Bonchev–Trinajstić information content (AvgIpc) is 2.81. The van der Waals surface area contributed by atoms with Crippen molar-refractivity contribution in [3.63, 3.8) is 0 Å². The van der Waals surface area contributed by atoms with Crippen LogP contribution < -0.4 is 10.6 Å². The highest BCUT2D eigenvalue weighted by Crippen LogP contribution is 2.26. The van der Waals surface area contributed by atoms with Gasteiger partial charge in [0.25, 0.3) is 0 Å². The Balaban J connectivity index is 1.80. The summed E-state index contributed by atoms with van der Waals surface area (Å²) in [6, 6.07) is 0. The minimum absolute atomic E-state index is 0.500. The van der Waals surface area contributed by atoms with E-state index in [1.807, 2.05) is 0 Å². The van der Waals surface area contributed by atoms with Gasteiger partial charge in [0.05, 0.1) is 0 Å². The number of piperidine rings is 1. The van der Waals surface area contributed by atoms with Crippen molar-refractivity contribution >= 4 is 12.2 Å². The molecule has 1 saturated heterocycles. The maximum Gasteiger partial charge on any atom is 0.132 e. The molecule has 0 spiro atoms. The molecule has 2 nitrogen and oxygen atoms in total. The lowest BCUT2D eigenvalue weighted by atomic mass is 9.88. The normalized spacial score (nSPS) is 27.8. The monoisotopic (exact) mass is 276 g/mol. The van der Waals surface area contributed by atoms with Gasteiger partial charge in [-0.25, -0.2) is 4.39 Å². The van der Waals surface area contributed by atoms with Crippen molar-refractivity contribution in [3.8, 4) is 0 Å². The van der Waals surface area contributed by atoms with E-state index in [0.717, 1.165) is 5.35 Å². The van der Waals surface area contributed by atoms with E-state index in [1.165, 1.54) is 49.7 Å². The van der Waals surface area contributed by atoms with E-state index in [4.69, 9.17) is 0 Å². The van der Waals surface area contributed by atoms with Gasteiger partial charge in [-0.05, 0) is 68.6 Å². The van der Waals surface area contributed by atoms with Crippen LogP contribution in [0.4, 0.5) is 4.39 Å². The Hall–Kier alpha value is -1.09. The fourth-order valence-corrected chi connectivity index (χ4v) is 3.60. The first-order valence-electron chi connectivity index (χ1n) is 7.91. The first-order valence-corrected chi connectivity index (χ1v) is 7.91. The molecule has 0 saturated carbocycles. The molecule has 1 fully saturated rings. The molecule has 2 heterocycles. The number of nitrogens with one attached hydrogen (secondary N) is 1. The van der Waals surface area contributed by atoms with Crippen LogP contribution >= 0.6 is 0 Å². The number of alkyl halides is 1. The smallest absolute Gasteiger partial charge is 0.132 e. The number of likely N-dealkylation sites (tertiary alicyclic amines) is 1. The van der Waals surface area contributed by atoms with Gasteiger partial charge in [0, 0.05) is 18.0 Å². The third-order valence-electron chi connectivity index (χ3n) is 4.70. The molecule has 1 aliphatic heterocycles. The number of aromatic nitrogens is 1. The average molecular weight is 276 g/mol. The van der Waals surface area contributed by atoms with E-state index in [0.29, 0.717) is 12.3 Å². The molecule has 1 aromatic heterocycles. The Morgan fingerprint density at radius 3 is 2.85 bits per heavy atom. The third kappa shape index (κ3) is 2.69. The van der Waals surface area contributed by atoms with Gasteiger partial charge in [0.2, 0.25) is 0 Å². The Labute approximate surface area is 120 Å². The summed E-state index contributed by atoms with van der Waals surface area (Å²) in [5.74, 6) is 0.636. The van der Waals surface area contributed by atoms with Gasteiger partial charge in [0.1, 0.15) is 5.67 Å². The van der Waals surface area contributed by atoms with E-state index in [-0.39, 0.29) is 0 Å². The second-order valence-corrected chi connectivity index (χ2v) is 6.52. The number of fused-ring (bicyclic) bond motifs is 1. The lowest BCUT2D eigenvalue weighted by Crippen LogP contribution is -2.37. The van der Waals surface area contributed by atoms with Crippen molar-refractivity contribution in [1.29, 1.82) is 0 Å². The summed E-state index contributed by atoms with van der Waals surface area (Å²) >= 11 is 0. The molecule has 3 heteroatoms. The molecule has 2 aliphatic rings. The number of rotatable bonds is 3. The van der Waals surface area contributed by atoms with Crippen molar-refractivity contribution in [2.24, 2.45) is 0 Å². The van der Waals surface area contributed by atoms with Crippen LogP contribution in [0.15, 0.2) is 6.20 Å². The van der Waals surface area contributed by atoms with Crippen LogP contribution in [-0.4, -0.2) is 35.2 Å². The topological polar surface area (TPSA) is 19.0 Å². The summed E-state index contributed by atoms with van der Waals surface area (Å²) in [4.78, 5) is 5.83. The van der Waals surface area contributed by atoms with Gasteiger partial charge in [-0.2, -0.15) is 0 Å². The lowest BCUT2D eigenvalue weighted by Gasteiger charge is -2.31. The summed E-state index contributed by atoms with van der Waals surface area (Å²) < 4.78 is 14.0. The van der Waals surface area contributed by atoms with Crippen molar-refractivity contribution in [3.05, 3.63) is 22.3 Å². The Morgan fingerprint density at radius 1 is 1.40 bits per heavy atom. The molecular formula is C17H25FN2. The van der Waals surface area contributed by atoms with E-state index in [2.05, 4.69) is 29.1 Å².